The second-order valence-corrected chi connectivity index (χ2v) is 3.99. The van der Waals surface area contributed by atoms with Crippen LogP contribution in [0.25, 0.3) is 0 Å². The maximum atomic E-state index is 9.96. The third-order valence-electron chi connectivity index (χ3n) is 1.77. The summed E-state index contributed by atoms with van der Waals surface area (Å²) in [6.45, 7) is 2.88. The minimum Gasteiger partial charge on any atom is -0.480 e. The van der Waals surface area contributed by atoms with Crippen LogP contribution < -0.4 is 11.5 Å². The molecule has 0 radical (unpaired) electrons. The third-order valence-corrected chi connectivity index (χ3v) is 1.77. The maximum Gasteiger partial charge on any atom is 0.323 e. The summed E-state index contributed by atoms with van der Waals surface area (Å²) in [5.74, 6) is -1.85. The average Bonchev–Trinajstić information content (AvgIpc) is 2.68. The summed E-state index contributed by atoms with van der Waals surface area (Å²) in [4.78, 5) is 19.9. The number of aliphatic carboxylic acids is 2. The summed E-state index contributed by atoms with van der Waals surface area (Å²) < 4.78 is 0. The van der Waals surface area contributed by atoms with Gasteiger partial charge in [0.25, 0.3) is 0 Å². The zero-order valence-electron chi connectivity index (χ0n) is 8.28. The fourth-order valence-electron chi connectivity index (χ4n) is 0.349. The first-order valence-corrected chi connectivity index (χ1v) is 4.14. The normalized spacial score (nSPS) is 17.7. The van der Waals surface area contributed by atoms with E-state index in [2.05, 4.69) is 0 Å². The van der Waals surface area contributed by atoms with E-state index in [-0.39, 0.29) is 0 Å². The first-order chi connectivity index (χ1) is 6.09. The van der Waals surface area contributed by atoms with Gasteiger partial charge in [-0.25, -0.2) is 0 Å². The summed E-state index contributed by atoms with van der Waals surface area (Å²) in [6, 6.07) is 0. The smallest absolute Gasteiger partial charge is 0.323 e. The Kier molecular flexibility index (Phi) is 3.61. The van der Waals surface area contributed by atoms with Crippen LogP contribution in [0, 0.1) is 0 Å². The highest BCUT2D eigenvalue weighted by atomic mass is 16.4. The Morgan fingerprint density at radius 2 is 1.57 bits per heavy atom. The van der Waals surface area contributed by atoms with Crippen LogP contribution >= 0.6 is 0 Å². The van der Waals surface area contributed by atoms with Gasteiger partial charge in [0.15, 0.2) is 0 Å². The molecule has 6 N–H and O–H groups in total. The molecule has 0 spiro atoms. The average molecular weight is 204 g/mol. The molecule has 82 valence electrons. The molecule has 1 aliphatic rings. The summed E-state index contributed by atoms with van der Waals surface area (Å²) in [5.41, 5.74) is 8.35. The van der Waals surface area contributed by atoms with E-state index in [0.29, 0.717) is 12.8 Å². The molecule has 1 saturated carbocycles. The van der Waals surface area contributed by atoms with Gasteiger partial charge < -0.3 is 21.7 Å². The maximum absolute atomic E-state index is 9.96. The molecule has 0 amide bonds. The Morgan fingerprint density at radius 1 is 1.29 bits per heavy atom. The van der Waals surface area contributed by atoms with Crippen LogP contribution in [0.4, 0.5) is 0 Å². The largest absolute Gasteiger partial charge is 0.480 e. The van der Waals surface area contributed by atoms with Gasteiger partial charge in [-0.3, -0.25) is 9.59 Å². The number of hydrogen-bond acceptors (Lipinski definition) is 4. The summed E-state index contributed by atoms with van der Waals surface area (Å²) >= 11 is 0. The van der Waals surface area contributed by atoms with E-state index in [9.17, 15) is 9.59 Å². The Labute approximate surface area is 81.9 Å². The number of carboxylic acid groups (broad SMARTS) is 2. The standard InChI is InChI=1S/C4H7NO2.C4H9NO2/c5-4(1-2-4)3(6)7;1-4(2,5)3(6)7/h1-2,5H2,(H,6,7);5H2,1-2H3,(H,6,7). The first-order valence-electron chi connectivity index (χ1n) is 4.14. The highest BCUT2D eigenvalue weighted by molar-refractivity contribution is 5.81. The van der Waals surface area contributed by atoms with Crippen LogP contribution in [0.2, 0.25) is 0 Å². The van der Waals surface area contributed by atoms with Crippen molar-refractivity contribution in [1.82, 2.24) is 0 Å². The molecule has 6 nitrogen and oxygen atoms in total. The molecule has 0 bridgehead atoms. The van der Waals surface area contributed by atoms with Crippen LogP contribution in [-0.2, 0) is 9.59 Å². The van der Waals surface area contributed by atoms with E-state index in [0.717, 1.165) is 0 Å². The minimum absolute atomic E-state index is 0.641. The van der Waals surface area contributed by atoms with Crippen molar-refractivity contribution in [2.24, 2.45) is 11.5 Å². The zero-order chi connectivity index (χ0) is 11.6. The fourth-order valence-corrected chi connectivity index (χ4v) is 0.349. The Bertz CT molecular complexity index is 225. The topological polar surface area (TPSA) is 127 Å². The van der Waals surface area contributed by atoms with Gasteiger partial charge in [0.2, 0.25) is 0 Å². The molecule has 0 aromatic rings. The number of hydrogen-bond donors (Lipinski definition) is 4. The van der Waals surface area contributed by atoms with Gasteiger partial charge in [-0.15, -0.1) is 0 Å². The van der Waals surface area contributed by atoms with Crippen LogP contribution in [0.3, 0.4) is 0 Å². The molecule has 0 aromatic carbocycles. The monoisotopic (exact) mass is 204 g/mol. The zero-order valence-corrected chi connectivity index (χ0v) is 8.28. The van der Waals surface area contributed by atoms with Crippen LogP contribution in [0.5, 0.6) is 0 Å². The Morgan fingerprint density at radius 3 is 1.57 bits per heavy atom. The highest BCUT2D eigenvalue weighted by Crippen LogP contribution is 2.31. The Hall–Kier alpha value is -1.14. The molecule has 1 aliphatic carbocycles. The Balaban J connectivity index is 0.000000241. The van der Waals surface area contributed by atoms with Crippen molar-refractivity contribution < 1.29 is 19.8 Å². The summed E-state index contributed by atoms with van der Waals surface area (Å²) in [7, 11) is 0. The van der Waals surface area contributed by atoms with Crippen molar-refractivity contribution in [3.63, 3.8) is 0 Å². The molecule has 14 heavy (non-hydrogen) atoms. The summed E-state index contributed by atoms with van der Waals surface area (Å²) in [6.07, 6.45) is 1.28. The lowest BCUT2D eigenvalue weighted by molar-refractivity contribution is -0.142. The van der Waals surface area contributed by atoms with Crippen molar-refractivity contribution in [1.29, 1.82) is 0 Å². The number of carboxylic acids is 2. The van der Waals surface area contributed by atoms with Gasteiger partial charge in [-0.1, -0.05) is 0 Å². The van der Waals surface area contributed by atoms with E-state index in [1.165, 1.54) is 13.8 Å². The molecule has 0 atom stereocenters. The lowest BCUT2D eigenvalue weighted by atomic mass is 10.1. The molecule has 0 aliphatic heterocycles. The van der Waals surface area contributed by atoms with Gasteiger partial charge in [0, 0.05) is 0 Å². The predicted octanol–water partition coefficient (Wildman–Crippen LogP) is -0.629. The lowest BCUT2D eigenvalue weighted by Gasteiger charge is -2.09. The minimum atomic E-state index is -1.08. The molecule has 0 heterocycles. The second-order valence-electron chi connectivity index (χ2n) is 3.99. The van der Waals surface area contributed by atoms with Crippen LogP contribution in [-0.4, -0.2) is 33.2 Å². The summed E-state index contributed by atoms with van der Waals surface area (Å²) in [5, 5.41) is 16.3. The van der Waals surface area contributed by atoms with Crippen LogP contribution in [0.1, 0.15) is 26.7 Å². The van der Waals surface area contributed by atoms with E-state index in [4.69, 9.17) is 21.7 Å². The molecule has 1 rings (SSSR count). The molecule has 0 aromatic heterocycles. The number of nitrogens with two attached hydrogens (primary N) is 2. The predicted molar refractivity (Wildman–Crippen MR) is 49.7 cm³/mol. The van der Waals surface area contributed by atoms with Crippen molar-refractivity contribution in [3.05, 3.63) is 0 Å². The van der Waals surface area contributed by atoms with Crippen molar-refractivity contribution >= 4 is 11.9 Å². The van der Waals surface area contributed by atoms with E-state index < -0.39 is 23.0 Å². The molecule has 0 unspecified atom stereocenters. The van der Waals surface area contributed by atoms with Gasteiger partial charge in [-0.2, -0.15) is 0 Å². The van der Waals surface area contributed by atoms with E-state index in [1.807, 2.05) is 0 Å². The second kappa shape index (κ2) is 3.93. The quantitative estimate of drug-likeness (QED) is 0.474. The van der Waals surface area contributed by atoms with Crippen molar-refractivity contribution in [2.75, 3.05) is 0 Å². The number of carbonyl (C=O) groups is 2. The van der Waals surface area contributed by atoms with Gasteiger partial charge >= 0.3 is 11.9 Å². The van der Waals surface area contributed by atoms with E-state index >= 15 is 0 Å². The van der Waals surface area contributed by atoms with Crippen molar-refractivity contribution in [3.8, 4) is 0 Å². The molecule has 0 saturated heterocycles. The molecular formula is C8H16N2O4. The fraction of sp³-hybridized carbons (Fsp3) is 0.750. The molecular weight excluding hydrogens is 188 g/mol. The molecule has 1 fully saturated rings. The lowest BCUT2D eigenvalue weighted by Crippen LogP contribution is -2.41. The van der Waals surface area contributed by atoms with Crippen LogP contribution in [0.15, 0.2) is 0 Å². The SMILES string of the molecule is CC(C)(N)C(=O)O.NC1(C(=O)O)CC1. The molecule has 6 heteroatoms. The number of rotatable bonds is 2. The van der Waals surface area contributed by atoms with E-state index in [1.54, 1.807) is 0 Å². The van der Waals surface area contributed by atoms with Gasteiger partial charge in [0.1, 0.15) is 11.1 Å². The highest BCUT2D eigenvalue weighted by Gasteiger charge is 2.46. The van der Waals surface area contributed by atoms with Crippen molar-refractivity contribution in [2.45, 2.75) is 37.8 Å². The third kappa shape index (κ3) is 4.20. The van der Waals surface area contributed by atoms with Gasteiger partial charge in [0.05, 0.1) is 0 Å². The first kappa shape index (κ1) is 12.9. The van der Waals surface area contributed by atoms with Gasteiger partial charge in [-0.05, 0) is 26.7 Å².